The van der Waals surface area contributed by atoms with Crippen molar-refractivity contribution in [2.45, 2.75) is 6.92 Å². The lowest BCUT2D eigenvalue weighted by molar-refractivity contribution is -0.00860. The van der Waals surface area contributed by atoms with Crippen molar-refractivity contribution in [2.24, 2.45) is 5.92 Å². The van der Waals surface area contributed by atoms with Crippen molar-refractivity contribution < 1.29 is 4.79 Å². The zero-order valence-corrected chi connectivity index (χ0v) is 6.34. The number of halogens is 1. The number of rotatable bonds is 0. The molecule has 0 saturated heterocycles. The van der Waals surface area contributed by atoms with Crippen molar-refractivity contribution in [3.63, 3.8) is 0 Å². The lowest BCUT2D eigenvalue weighted by Gasteiger charge is -2.01. The van der Waals surface area contributed by atoms with Gasteiger partial charge in [-0.1, -0.05) is 17.7 Å². The molecule has 0 amide bonds. The van der Waals surface area contributed by atoms with Gasteiger partial charge in [0.1, 0.15) is 0 Å². The summed E-state index contributed by atoms with van der Waals surface area (Å²) in [5.74, 6) is 0.113. The zero-order chi connectivity index (χ0) is 7.56. The van der Waals surface area contributed by atoms with Gasteiger partial charge in [0.05, 0.1) is 5.92 Å². The standard InChI is InChI=1S/C7H7ClN2/c1-5-4-6(8)2-3-7(5)10-9/h2-5H,1H3. The van der Waals surface area contributed by atoms with Gasteiger partial charge in [-0.05, 0) is 13.0 Å². The predicted octanol–water partition coefficient (Wildman–Crippen LogP) is 1.99. The summed E-state index contributed by atoms with van der Waals surface area (Å²) in [6, 6.07) is 0. The van der Waals surface area contributed by atoms with Crippen LogP contribution >= 0.6 is 11.6 Å². The zero-order valence-electron chi connectivity index (χ0n) is 5.58. The SMILES string of the molecule is CC1C=C(Cl)C=CC1=[N+]=[N-]. The Morgan fingerprint density at radius 1 is 1.60 bits per heavy atom. The largest absolute Gasteiger partial charge is 0.361 e. The number of hydrogen-bond acceptors (Lipinski definition) is 0. The first-order valence-electron chi connectivity index (χ1n) is 3.01. The third kappa shape index (κ3) is 1.35. The van der Waals surface area contributed by atoms with Crippen molar-refractivity contribution >= 4 is 17.3 Å². The van der Waals surface area contributed by atoms with Crippen LogP contribution in [0.5, 0.6) is 0 Å². The molecule has 0 aliphatic heterocycles. The van der Waals surface area contributed by atoms with E-state index in [1.165, 1.54) is 0 Å². The molecule has 0 spiro atoms. The molecule has 0 fully saturated rings. The van der Waals surface area contributed by atoms with Crippen molar-refractivity contribution in [1.82, 2.24) is 0 Å². The van der Waals surface area contributed by atoms with E-state index in [0.29, 0.717) is 10.7 Å². The van der Waals surface area contributed by atoms with Crippen LogP contribution in [-0.2, 0) is 0 Å². The summed E-state index contributed by atoms with van der Waals surface area (Å²) in [5.41, 5.74) is 9.06. The highest BCUT2D eigenvalue weighted by Gasteiger charge is 2.16. The van der Waals surface area contributed by atoms with Crippen LogP contribution < -0.4 is 0 Å². The van der Waals surface area contributed by atoms with E-state index >= 15 is 0 Å². The fourth-order valence-electron chi connectivity index (χ4n) is 0.821. The van der Waals surface area contributed by atoms with Gasteiger partial charge in [-0.25, -0.2) is 0 Å². The van der Waals surface area contributed by atoms with Gasteiger partial charge in [-0.2, -0.15) is 4.79 Å². The molecule has 0 heterocycles. The monoisotopic (exact) mass is 154 g/mol. The molecule has 0 saturated carbocycles. The maximum Gasteiger partial charge on any atom is 0.298 e. The average molecular weight is 155 g/mol. The highest BCUT2D eigenvalue weighted by molar-refractivity contribution is 6.32. The Morgan fingerprint density at radius 2 is 2.30 bits per heavy atom. The fraction of sp³-hybridized carbons (Fsp3) is 0.286. The third-order valence-electron chi connectivity index (χ3n) is 1.40. The van der Waals surface area contributed by atoms with E-state index in [9.17, 15) is 0 Å². The second-order valence-corrected chi connectivity index (χ2v) is 2.63. The summed E-state index contributed by atoms with van der Waals surface area (Å²) in [4.78, 5) is 3.09. The number of allylic oxidation sites excluding steroid dienone is 4. The van der Waals surface area contributed by atoms with Crippen LogP contribution in [0.25, 0.3) is 5.53 Å². The van der Waals surface area contributed by atoms with Crippen LogP contribution in [0.3, 0.4) is 0 Å². The molecule has 2 nitrogen and oxygen atoms in total. The van der Waals surface area contributed by atoms with Gasteiger partial charge in [0, 0.05) is 11.1 Å². The Bertz CT molecular complexity index is 246. The average Bonchev–Trinajstić information content (AvgIpc) is 1.88. The van der Waals surface area contributed by atoms with E-state index in [4.69, 9.17) is 17.1 Å². The van der Waals surface area contributed by atoms with E-state index in [1.54, 1.807) is 12.2 Å². The molecule has 1 rings (SSSR count). The summed E-state index contributed by atoms with van der Waals surface area (Å²) < 4.78 is 0. The van der Waals surface area contributed by atoms with E-state index in [1.807, 2.05) is 13.0 Å². The fourth-order valence-corrected chi connectivity index (χ4v) is 1.07. The van der Waals surface area contributed by atoms with Crippen LogP contribution in [0.4, 0.5) is 0 Å². The second-order valence-electron chi connectivity index (χ2n) is 2.20. The van der Waals surface area contributed by atoms with Crippen molar-refractivity contribution in [2.75, 3.05) is 0 Å². The van der Waals surface area contributed by atoms with Gasteiger partial charge in [0.2, 0.25) is 0 Å². The molecule has 52 valence electrons. The summed E-state index contributed by atoms with van der Waals surface area (Å²) in [6.07, 6.45) is 5.24. The van der Waals surface area contributed by atoms with Crippen molar-refractivity contribution in [3.05, 3.63) is 28.8 Å². The Morgan fingerprint density at radius 3 is 2.80 bits per heavy atom. The topological polar surface area (TPSA) is 36.4 Å². The normalized spacial score (nSPS) is 24.0. The highest BCUT2D eigenvalue weighted by Crippen LogP contribution is 2.15. The molecule has 0 bridgehead atoms. The first-order chi connectivity index (χ1) is 4.74. The molecule has 0 aromatic rings. The molecular formula is C7H7ClN2. The molecule has 0 aromatic heterocycles. The number of hydrogen-bond donors (Lipinski definition) is 0. The highest BCUT2D eigenvalue weighted by atomic mass is 35.5. The van der Waals surface area contributed by atoms with Gasteiger partial charge in [0.15, 0.2) is 0 Å². The van der Waals surface area contributed by atoms with Crippen molar-refractivity contribution in [1.29, 1.82) is 0 Å². The van der Waals surface area contributed by atoms with Gasteiger partial charge < -0.3 is 5.53 Å². The van der Waals surface area contributed by atoms with Crippen LogP contribution in [0, 0.1) is 5.92 Å². The molecule has 1 aliphatic rings. The summed E-state index contributed by atoms with van der Waals surface area (Å²) in [6.45, 7) is 1.92. The maximum absolute atomic E-state index is 8.41. The molecule has 1 unspecified atom stereocenters. The van der Waals surface area contributed by atoms with Gasteiger partial charge in [-0.15, -0.1) is 0 Å². The summed E-state index contributed by atoms with van der Waals surface area (Å²) in [7, 11) is 0. The van der Waals surface area contributed by atoms with Gasteiger partial charge >= 0.3 is 0 Å². The third-order valence-corrected chi connectivity index (χ3v) is 1.66. The minimum Gasteiger partial charge on any atom is -0.361 e. The van der Waals surface area contributed by atoms with Crippen LogP contribution in [0.2, 0.25) is 0 Å². The Kier molecular flexibility index (Phi) is 2.05. The summed E-state index contributed by atoms with van der Waals surface area (Å²) in [5, 5.41) is 0.694. The van der Waals surface area contributed by atoms with E-state index in [2.05, 4.69) is 4.79 Å². The maximum atomic E-state index is 8.41. The van der Waals surface area contributed by atoms with Crippen LogP contribution in [-0.4, -0.2) is 10.5 Å². The van der Waals surface area contributed by atoms with Gasteiger partial charge in [-0.3, -0.25) is 0 Å². The first kappa shape index (κ1) is 7.26. The van der Waals surface area contributed by atoms with E-state index in [0.717, 1.165) is 0 Å². The Labute approximate surface area is 64.4 Å². The Balaban J connectivity index is 2.95. The molecule has 0 radical (unpaired) electrons. The van der Waals surface area contributed by atoms with Gasteiger partial charge in [0.25, 0.3) is 5.71 Å². The van der Waals surface area contributed by atoms with E-state index in [-0.39, 0.29) is 5.92 Å². The second kappa shape index (κ2) is 2.82. The van der Waals surface area contributed by atoms with Crippen molar-refractivity contribution in [3.8, 4) is 0 Å². The molecule has 1 aliphatic carbocycles. The molecule has 1 atom stereocenters. The minimum atomic E-state index is 0.113. The molecule has 3 heteroatoms. The smallest absolute Gasteiger partial charge is 0.298 e. The van der Waals surface area contributed by atoms with Crippen LogP contribution in [0.15, 0.2) is 23.3 Å². The quantitative estimate of drug-likeness (QED) is 0.378. The molecule has 0 N–H and O–H groups in total. The van der Waals surface area contributed by atoms with E-state index < -0.39 is 0 Å². The molecular weight excluding hydrogens is 148 g/mol. The summed E-state index contributed by atoms with van der Waals surface area (Å²) >= 11 is 5.67. The Hall–Kier alpha value is -0.850. The number of nitrogens with zero attached hydrogens (tertiary/aromatic N) is 2. The minimum absolute atomic E-state index is 0.113. The lowest BCUT2D eigenvalue weighted by atomic mass is 10.0. The first-order valence-corrected chi connectivity index (χ1v) is 3.39. The molecule has 10 heavy (non-hydrogen) atoms. The van der Waals surface area contributed by atoms with Crippen LogP contribution in [0.1, 0.15) is 6.92 Å². The predicted molar refractivity (Wildman–Crippen MR) is 40.9 cm³/mol. The molecule has 0 aromatic carbocycles. The lowest BCUT2D eigenvalue weighted by Crippen LogP contribution is -2.09.